The third-order valence-corrected chi connectivity index (χ3v) is 4.59. The predicted molar refractivity (Wildman–Crippen MR) is 102 cm³/mol. The molecule has 0 aromatic heterocycles. The zero-order chi connectivity index (χ0) is 19.2. The van der Waals surface area contributed by atoms with E-state index < -0.39 is 0 Å². The summed E-state index contributed by atoms with van der Waals surface area (Å²) in [5.41, 5.74) is 1.73. The van der Waals surface area contributed by atoms with Crippen molar-refractivity contribution >= 4 is 6.03 Å². The number of hydrogen-bond acceptors (Lipinski definition) is 5. The average Bonchev–Trinajstić information content (AvgIpc) is 3.13. The van der Waals surface area contributed by atoms with Crippen molar-refractivity contribution in [1.29, 1.82) is 0 Å². The highest BCUT2D eigenvalue weighted by atomic mass is 16.7. The minimum Gasteiger partial charge on any atom is -0.508 e. The molecule has 2 aromatic carbocycles. The first-order valence-electron chi connectivity index (χ1n) is 8.87. The summed E-state index contributed by atoms with van der Waals surface area (Å²) in [6, 6.07) is 12.6. The fourth-order valence-corrected chi connectivity index (χ4v) is 2.95. The van der Waals surface area contributed by atoms with E-state index in [0.717, 1.165) is 23.5 Å². The van der Waals surface area contributed by atoms with Crippen LogP contribution in [0.3, 0.4) is 0 Å². The number of benzene rings is 2. The van der Waals surface area contributed by atoms with Gasteiger partial charge in [-0.25, -0.2) is 4.79 Å². The average molecular weight is 371 g/mol. The van der Waals surface area contributed by atoms with Gasteiger partial charge < -0.3 is 30.1 Å². The number of nitrogens with zero attached hydrogens (tertiary/aromatic N) is 1. The summed E-state index contributed by atoms with van der Waals surface area (Å²) < 4.78 is 11.0. The van der Waals surface area contributed by atoms with Gasteiger partial charge in [0.1, 0.15) is 5.75 Å². The number of carbonyl (C=O) groups is 1. The molecule has 27 heavy (non-hydrogen) atoms. The zero-order valence-corrected chi connectivity index (χ0v) is 15.6. The Labute approximate surface area is 158 Å². The summed E-state index contributed by atoms with van der Waals surface area (Å²) in [4.78, 5) is 14.2. The van der Waals surface area contributed by atoms with E-state index in [2.05, 4.69) is 15.5 Å². The predicted octanol–water partition coefficient (Wildman–Crippen LogP) is 2.09. The van der Waals surface area contributed by atoms with E-state index in [1.54, 1.807) is 18.2 Å². The molecule has 3 N–H and O–H groups in total. The quantitative estimate of drug-likeness (QED) is 0.694. The molecule has 1 aliphatic rings. The first kappa shape index (κ1) is 18.8. The van der Waals surface area contributed by atoms with Crippen LogP contribution in [0.2, 0.25) is 0 Å². The highest BCUT2D eigenvalue weighted by Gasteiger charge is 2.21. The maximum Gasteiger partial charge on any atom is 0.315 e. The zero-order valence-electron chi connectivity index (χ0n) is 15.6. The number of aromatic hydroxyl groups is 1. The Morgan fingerprint density at radius 1 is 1.11 bits per heavy atom. The van der Waals surface area contributed by atoms with Gasteiger partial charge in [-0.3, -0.25) is 0 Å². The highest BCUT2D eigenvalue weighted by molar-refractivity contribution is 5.74. The number of ether oxygens (including phenoxy) is 2. The Kier molecular flexibility index (Phi) is 6.03. The maximum absolute atomic E-state index is 12.1. The normalized spacial score (nSPS) is 13.4. The lowest BCUT2D eigenvalue weighted by Crippen LogP contribution is -2.45. The Morgan fingerprint density at radius 2 is 1.89 bits per heavy atom. The van der Waals surface area contributed by atoms with Gasteiger partial charge in [-0.2, -0.15) is 0 Å². The lowest BCUT2D eigenvalue weighted by atomic mass is 10.0. The first-order valence-corrected chi connectivity index (χ1v) is 8.87. The van der Waals surface area contributed by atoms with Crippen LogP contribution < -0.4 is 20.1 Å². The summed E-state index contributed by atoms with van der Waals surface area (Å²) in [6.45, 7) is 0.985. The van der Waals surface area contributed by atoms with Crippen molar-refractivity contribution < 1.29 is 19.4 Å². The molecular formula is C20H25N3O4. The van der Waals surface area contributed by atoms with E-state index in [9.17, 15) is 9.90 Å². The highest BCUT2D eigenvalue weighted by Crippen LogP contribution is 2.36. The Hall–Kier alpha value is -2.93. The third-order valence-electron chi connectivity index (χ3n) is 4.59. The number of carbonyl (C=O) groups excluding carboxylic acids is 1. The summed E-state index contributed by atoms with van der Waals surface area (Å²) >= 11 is 0. The largest absolute Gasteiger partial charge is 0.508 e. The van der Waals surface area contributed by atoms with Gasteiger partial charge >= 0.3 is 6.03 Å². The minimum absolute atomic E-state index is 0.0941. The molecule has 0 saturated heterocycles. The molecule has 0 fully saturated rings. The van der Waals surface area contributed by atoms with Gasteiger partial charge in [0.2, 0.25) is 6.79 Å². The molecule has 2 amide bonds. The van der Waals surface area contributed by atoms with E-state index in [1.165, 1.54) is 0 Å². The van der Waals surface area contributed by atoms with Crippen LogP contribution in [-0.4, -0.2) is 49.5 Å². The van der Waals surface area contributed by atoms with E-state index in [0.29, 0.717) is 12.1 Å². The molecule has 0 saturated carbocycles. The number of fused-ring (bicyclic) bond motifs is 1. The molecule has 144 valence electrons. The fraction of sp³-hybridized carbons (Fsp3) is 0.350. The van der Waals surface area contributed by atoms with Crippen molar-refractivity contribution in [3.8, 4) is 17.2 Å². The second-order valence-corrected chi connectivity index (χ2v) is 6.66. The number of likely N-dealkylation sites (N-methyl/N-ethyl adjacent to an activating group) is 1. The van der Waals surface area contributed by atoms with E-state index in [4.69, 9.17) is 9.47 Å². The molecule has 1 heterocycles. The Bertz CT molecular complexity index is 795. The Morgan fingerprint density at radius 3 is 2.67 bits per heavy atom. The van der Waals surface area contributed by atoms with Crippen molar-refractivity contribution in [3.05, 3.63) is 53.6 Å². The van der Waals surface area contributed by atoms with E-state index in [1.807, 2.05) is 38.4 Å². The minimum atomic E-state index is -0.275. The van der Waals surface area contributed by atoms with Crippen LogP contribution in [0.15, 0.2) is 42.5 Å². The topological polar surface area (TPSA) is 83.1 Å². The van der Waals surface area contributed by atoms with Gasteiger partial charge in [0.25, 0.3) is 0 Å². The number of amides is 2. The van der Waals surface area contributed by atoms with Crippen molar-refractivity contribution in [2.24, 2.45) is 0 Å². The summed E-state index contributed by atoms with van der Waals surface area (Å²) in [7, 11) is 3.96. The lowest BCUT2D eigenvalue weighted by molar-refractivity contribution is 0.172. The van der Waals surface area contributed by atoms with Crippen LogP contribution in [-0.2, 0) is 13.0 Å². The van der Waals surface area contributed by atoms with Crippen LogP contribution in [0.25, 0.3) is 0 Å². The molecule has 0 unspecified atom stereocenters. The van der Waals surface area contributed by atoms with Crippen molar-refractivity contribution in [2.45, 2.75) is 19.0 Å². The summed E-state index contributed by atoms with van der Waals surface area (Å²) in [5.74, 6) is 1.72. The molecule has 1 atom stereocenters. The lowest BCUT2D eigenvalue weighted by Gasteiger charge is -2.25. The first-order chi connectivity index (χ1) is 13.0. The smallest absolute Gasteiger partial charge is 0.315 e. The number of rotatable bonds is 7. The van der Waals surface area contributed by atoms with Crippen LogP contribution in [0.1, 0.15) is 11.1 Å². The van der Waals surface area contributed by atoms with E-state index in [-0.39, 0.29) is 31.2 Å². The van der Waals surface area contributed by atoms with E-state index >= 15 is 0 Å². The third kappa shape index (κ3) is 4.83. The van der Waals surface area contributed by atoms with Crippen LogP contribution >= 0.6 is 0 Å². The van der Waals surface area contributed by atoms with Gasteiger partial charge in [0.15, 0.2) is 11.5 Å². The van der Waals surface area contributed by atoms with Crippen LogP contribution in [0.5, 0.6) is 17.2 Å². The second kappa shape index (κ2) is 8.64. The fourth-order valence-electron chi connectivity index (χ4n) is 2.95. The van der Waals surface area contributed by atoms with Gasteiger partial charge in [-0.1, -0.05) is 30.3 Å². The molecular weight excluding hydrogens is 346 g/mol. The summed E-state index contributed by atoms with van der Waals surface area (Å²) in [6.07, 6.45) is 0.722. The molecule has 1 aliphatic heterocycles. The monoisotopic (exact) mass is 371 g/mol. The number of phenolic OH excluding ortho intramolecular Hbond substituents is 1. The van der Waals surface area contributed by atoms with Gasteiger partial charge in [-0.05, 0) is 38.2 Å². The number of para-hydroxylation sites is 2. The van der Waals surface area contributed by atoms with Gasteiger partial charge in [0, 0.05) is 24.7 Å². The SMILES string of the molecule is CN(C)[C@H](CNC(=O)NCc1ccccc1O)Cc1cccc2c1OCO2. The number of urea groups is 1. The maximum atomic E-state index is 12.1. The molecule has 7 nitrogen and oxygen atoms in total. The van der Waals surface area contributed by atoms with Crippen molar-refractivity contribution in [3.63, 3.8) is 0 Å². The molecule has 0 spiro atoms. The van der Waals surface area contributed by atoms with Gasteiger partial charge in [-0.15, -0.1) is 0 Å². The standard InChI is InChI=1S/C20H25N3O4/c1-23(2)16(10-14-7-5-9-18-19(14)27-13-26-18)12-22-20(25)21-11-15-6-3-4-8-17(15)24/h3-9,16,24H,10-13H2,1-2H3,(H2,21,22,25)/t16-/m0/s1. The number of phenols is 1. The molecule has 0 aliphatic carbocycles. The van der Waals surface area contributed by atoms with Crippen LogP contribution in [0.4, 0.5) is 4.79 Å². The summed E-state index contributed by atoms with van der Waals surface area (Å²) in [5, 5.41) is 15.4. The molecule has 3 rings (SSSR count). The van der Waals surface area contributed by atoms with Crippen molar-refractivity contribution in [1.82, 2.24) is 15.5 Å². The van der Waals surface area contributed by atoms with Gasteiger partial charge in [0.05, 0.1) is 0 Å². The molecule has 2 aromatic rings. The number of hydrogen-bond donors (Lipinski definition) is 3. The van der Waals surface area contributed by atoms with Crippen molar-refractivity contribution in [2.75, 3.05) is 27.4 Å². The molecule has 0 bridgehead atoms. The molecule has 7 heteroatoms. The second-order valence-electron chi connectivity index (χ2n) is 6.66. The number of nitrogens with one attached hydrogen (secondary N) is 2. The Balaban J connectivity index is 1.53. The van der Waals surface area contributed by atoms with Crippen LogP contribution in [0, 0.1) is 0 Å². The molecule has 0 radical (unpaired) electrons.